The van der Waals surface area contributed by atoms with Crippen LogP contribution < -0.4 is 4.74 Å². The van der Waals surface area contributed by atoms with E-state index in [0.29, 0.717) is 41.3 Å². The van der Waals surface area contributed by atoms with Gasteiger partial charge in [0.15, 0.2) is 0 Å². The number of nitrogens with zero attached hydrogens (tertiary/aromatic N) is 2. The van der Waals surface area contributed by atoms with Gasteiger partial charge in [-0.2, -0.15) is 0 Å². The number of carbonyl (C=O) groups excluding carboxylic acids is 1. The molecule has 3 aliphatic rings. The van der Waals surface area contributed by atoms with Gasteiger partial charge in [-0.05, 0) is 106 Å². The maximum atomic E-state index is 15.3. The van der Waals surface area contributed by atoms with E-state index in [-0.39, 0.29) is 30.0 Å². The minimum absolute atomic E-state index is 0.0185. The lowest BCUT2D eigenvalue weighted by Gasteiger charge is -2.36. The third kappa shape index (κ3) is 6.69. The zero-order valence-corrected chi connectivity index (χ0v) is 23.7. The molecule has 1 amide bonds. The standard InChI is InChI=1S/C30H35Cl2FN2O4/c1-18(21-11-22(31)13-23(32)12-21)34-9-6-19(7-10-34)17-39-28-16-27(33)26(15-25(28)20-4-5-20)30(38)35-8-2-3-24(35)14-29(36)37/h11-13,15-16,18-20,24H,2-10,14,17H2,1H3,(H,36,37)/t18-,24-/m0/s1. The number of hydrogen-bond acceptors (Lipinski definition) is 4. The van der Waals surface area contributed by atoms with Crippen molar-refractivity contribution in [2.45, 2.75) is 69.9 Å². The highest BCUT2D eigenvalue weighted by molar-refractivity contribution is 6.34. The van der Waals surface area contributed by atoms with Crippen LogP contribution in [0, 0.1) is 11.7 Å². The Morgan fingerprint density at radius 3 is 2.36 bits per heavy atom. The van der Waals surface area contributed by atoms with Crippen molar-refractivity contribution in [3.63, 3.8) is 0 Å². The average molecular weight is 578 g/mol. The van der Waals surface area contributed by atoms with E-state index in [9.17, 15) is 14.7 Å². The molecule has 2 aromatic rings. The summed E-state index contributed by atoms with van der Waals surface area (Å²) in [5.74, 6) is -0.825. The molecule has 0 spiro atoms. The first kappa shape index (κ1) is 28.2. The second-order valence-electron chi connectivity index (χ2n) is 11.2. The van der Waals surface area contributed by atoms with Gasteiger partial charge >= 0.3 is 5.97 Å². The molecule has 1 saturated carbocycles. The van der Waals surface area contributed by atoms with Gasteiger partial charge in [0, 0.05) is 34.7 Å². The molecule has 39 heavy (non-hydrogen) atoms. The lowest BCUT2D eigenvalue weighted by atomic mass is 9.95. The van der Waals surface area contributed by atoms with Gasteiger partial charge in [0.05, 0.1) is 18.6 Å². The second-order valence-corrected chi connectivity index (χ2v) is 12.1. The summed E-state index contributed by atoms with van der Waals surface area (Å²) in [5.41, 5.74) is 2.01. The second kappa shape index (κ2) is 12.0. The Morgan fingerprint density at radius 2 is 1.72 bits per heavy atom. The highest BCUT2D eigenvalue weighted by Crippen LogP contribution is 2.45. The van der Waals surface area contributed by atoms with E-state index in [1.54, 1.807) is 12.1 Å². The van der Waals surface area contributed by atoms with Crippen molar-refractivity contribution in [1.82, 2.24) is 9.80 Å². The van der Waals surface area contributed by atoms with Crippen LogP contribution in [-0.2, 0) is 4.79 Å². The average Bonchev–Trinajstić information content (AvgIpc) is 3.64. The van der Waals surface area contributed by atoms with Crippen LogP contribution in [0.1, 0.15) is 85.3 Å². The summed E-state index contributed by atoms with van der Waals surface area (Å²) in [6.45, 7) is 4.96. The van der Waals surface area contributed by atoms with Crippen LogP contribution in [0.25, 0.3) is 0 Å². The summed E-state index contributed by atoms with van der Waals surface area (Å²) in [6, 6.07) is 8.50. The van der Waals surface area contributed by atoms with Crippen LogP contribution in [0.2, 0.25) is 10.0 Å². The normalized spacial score (nSPS) is 21.2. The lowest BCUT2D eigenvalue weighted by Crippen LogP contribution is -2.37. The van der Waals surface area contributed by atoms with Gasteiger partial charge in [-0.1, -0.05) is 23.2 Å². The summed E-state index contributed by atoms with van der Waals surface area (Å²) in [4.78, 5) is 28.4. The molecule has 210 valence electrons. The van der Waals surface area contributed by atoms with Crippen molar-refractivity contribution in [3.8, 4) is 5.75 Å². The molecule has 2 saturated heterocycles. The van der Waals surface area contributed by atoms with Crippen molar-refractivity contribution in [1.29, 1.82) is 0 Å². The van der Waals surface area contributed by atoms with Gasteiger partial charge < -0.3 is 14.7 Å². The van der Waals surface area contributed by atoms with E-state index >= 15 is 4.39 Å². The Hall–Kier alpha value is -2.35. The molecule has 1 N–H and O–H groups in total. The summed E-state index contributed by atoms with van der Waals surface area (Å²) < 4.78 is 21.5. The Bertz CT molecular complexity index is 1210. The van der Waals surface area contributed by atoms with Crippen LogP contribution in [0.3, 0.4) is 0 Å². The number of carboxylic acids is 1. The van der Waals surface area contributed by atoms with E-state index in [1.807, 2.05) is 12.1 Å². The molecule has 0 unspecified atom stereocenters. The first-order chi connectivity index (χ1) is 18.7. The molecule has 2 atom stereocenters. The van der Waals surface area contributed by atoms with Crippen molar-refractivity contribution >= 4 is 35.1 Å². The van der Waals surface area contributed by atoms with Gasteiger partial charge in [0.2, 0.25) is 0 Å². The molecule has 2 heterocycles. The molecule has 6 nitrogen and oxygen atoms in total. The number of piperidine rings is 1. The van der Waals surface area contributed by atoms with Crippen molar-refractivity contribution in [2.24, 2.45) is 5.92 Å². The number of ether oxygens (including phenoxy) is 1. The number of carbonyl (C=O) groups is 2. The minimum atomic E-state index is -0.947. The molecule has 5 rings (SSSR count). The fraction of sp³-hybridized carbons (Fsp3) is 0.533. The molecule has 9 heteroatoms. The molecular weight excluding hydrogens is 542 g/mol. The van der Waals surface area contributed by atoms with E-state index in [0.717, 1.165) is 56.3 Å². The van der Waals surface area contributed by atoms with Gasteiger partial charge in [0.25, 0.3) is 5.91 Å². The lowest BCUT2D eigenvalue weighted by molar-refractivity contribution is -0.137. The molecule has 0 radical (unpaired) electrons. The fourth-order valence-corrected chi connectivity index (χ4v) is 6.53. The highest BCUT2D eigenvalue weighted by atomic mass is 35.5. The molecular formula is C30H35Cl2FN2O4. The first-order valence-electron chi connectivity index (χ1n) is 13.9. The third-order valence-corrected chi connectivity index (χ3v) is 8.87. The van der Waals surface area contributed by atoms with E-state index in [4.69, 9.17) is 27.9 Å². The number of carboxylic acid groups (broad SMARTS) is 1. The fourth-order valence-electron chi connectivity index (χ4n) is 5.99. The first-order valence-corrected chi connectivity index (χ1v) is 14.6. The van der Waals surface area contributed by atoms with Gasteiger partial charge in [0.1, 0.15) is 11.6 Å². The zero-order chi connectivity index (χ0) is 27.7. The van der Waals surface area contributed by atoms with Crippen LogP contribution in [-0.4, -0.2) is 59.1 Å². The molecule has 1 aliphatic carbocycles. The quantitative estimate of drug-likeness (QED) is 0.350. The summed E-state index contributed by atoms with van der Waals surface area (Å²) in [6.07, 6.45) is 5.16. The molecule has 2 aromatic carbocycles. The number of aliphatic carboxylic acids is 1. The number of likely N-dealkylation sites (tertiary alicyclic amines) is 2. The van der Waals surface area contributed by atoms with Crippen LogP contribution >= 0.6 is 23.2 Å². The summed E-state index contributed by atoms with van der Waals surface area (Å²) in [5, 5.41) is 10.5. The summed E-state index contributed by atoms with van der Waals surface area (Å²) >= 11 is 12.4. The Kier molecular flexibility index (Phi) is 8.69. The van der Waals surface area contributed by atoms with E-state index in [2.05, 4.69) is 11.8 Å². The van der Waals surface area contributed by atoms with Crippen LogP contribution in [0.15, 0.2) is 30.3 Å². The Balaban J connectivity index is 1.21. The predicted octanol–water partition coefficient (Wildman–Crippen LogP) is 6.94. The van der Waals surface area contributed by atoms with Gasteiger partial charge in [-0.25, -0.2) is 4.39 Å². The largest absolute Gasteiger partial charge is 0.493 e. The van der Waals surface area contributed by atoms with Crippen molar-refractivity contribution in [2.75, 3.05) is 26.2 Å². The van der Waals surface area contributed by atoms with Crippen LogP contribution in [0.4, 0.5) is 4.39 Å². The number of amides is 1. The molecule has 0 aromatic heterocycles. The number of halogens is 3. The molecule has 3 fully saturated rings. The van der Waals surface area contributed by atoms with Crippen molar-refractivity contribution < 1.29 is 23.8 Å². The number of hydrogen-bond donors (Lipinski definition) is 1. The highest BCUT2D eigenvalue weighted by Gasteiger charge is 2.35. The minimum Gasteiger partial charge on any atom is -0.493 e. The monoisotopic (exact) mass is 576 g/mol. The molecule has 0 bridgehead atoms. The van der Waals surface area contributed by atoms with E-state index < -0.39 is 17.7 Å². The third-order valence-electron chi connectivity index (χ3n) is 8.43. The maximum absolute atomic E-state index is 15.3. The maximum Gasteiger partial charge on any atom is 0.305 e. The number of rotatable bonds is 9. The topological polar surface area (TPSA) is 70.1 Å². The SMILES string of the molecule is C[C@@H](c1cc(Cl)cc(Cl)c1)N1CCC(COc2cc(F)c(C(=O)N3CCC[C@H]3CC(=O)O)cc2C2CC2)CC1. The number of benzene rings is 2. The van der Waals surface area contributed by atoms with Crippen LogP contribution in [0.5, 0.6) is 5.75 Å². The summed E-state index contributed by atoms with van der Waals surface area (Å²) in [7, 11) is 0. The predicted molar refractivity (Wildman–Crippen MR) is 149 cm³/mol. The molecule has 2 aliphatic heterocycles. The van der Waals surface area contributed by atoms with Crippen molar-refractivity contribution in [3.05, 3.63) is 62.9 Å². The van der Waals surface area contributed by atoms with Gasteiger partial charge in [-0.15, -0.1) is 0 Å². The smallest absolute Gasteiger partial charge is 0.305 e. The van der Waals surface area contributed by atoms with E-state index in [1.165, 1.54) is 11.0 Å². The Labute approximate surface area is 239 Å². The van der Waals surface area contributed by atoms with Gasteiger partial charge in [-0.3, -0.25) is 14.5 Å². The zero-order valence-electron chi connectivity index (χ0n) is 22.2. The Morgan fingerprint density at radius 1 is 1.03 bits per heavy atom.